The molecule has 21 heavy (non-hydrogen) atoms. The maximum atomic E-state index is 10.1. The highest BCUT2D eigenvalue weighted by molar-refractivity contribution is 6.10. The molecule has 1 aliphatic rings. The normalized spacial score (nSPS) is 13.0. The predicted molar refractivity (Wildman–Crippen MR) is 83.5 cm³/mol. The first kappa shape index (κ1) is 13.2. The number of hydrogen-bond donors (Lipinski definition) is 1. The Balaban J connectivity index is 2.25. The Morgan fingerprint density at radius 1 is 1.29 bits per heavy atom. The first-order valence-corrected chi connectivity index (χ1v) is 6.74. The van der Waals surface area contributed by atoms with Gasteiger partial charge in [-0.3, -0.25) is 4.99 Å². The van der Waals surface area contributed by atoms with Crippen LogP contribution in [0.1, 0.15) is 18.2 Å². The number of para-hydroxylation sites is 1. The maximum absolute atomic E-state index is 10.1. The molecule has 1 aliphatic heterocycles. The molecule has 1 aromatic heterocycles. The van der Waals surface area contributed by atoms with Crippen LogP contribution in [0.2, 0.25) is 0 Å². The molecule has 1 N–H and O–H groups in total. The molecular formula is C17H15N3O. The lowest BCUT2D eigenvalue weighted by Crippen LogP contribution is -1.99. The molecule has 1 aromatic carbocycles. The molecule has 0 radical (unpaired) electrons. The summed E-state index contributed by atoms with van der Waals surface area (Å²) in [5.41, 5.74) is 4.16. The lowest BCUT2D eigenvalue weighted by molar-refractivity contribution is 0.477. The molecule has 3 rings (SSSR count). The van der Waals surface area contributed by atoms with Gasteiger partial charge in [-0.05, 0) is 32.1 Å². The molecule has 0 amide bonds. The summed E-state index contributed by atoms with van der Waals surface area (Å²) in [5, 5.41) is 14.7. The van der Waals surface area contributed by atoms with Gasteiger partial charge < -0.3 is 5.11 Å². The molecule has 0 unspecified atom stereocenters. The Kier molecular flexibility index (Phi) is 3.33. The van der Waals surface area contributed by atoms with Crippen molar-refractivity contribution in [3.63, 3.8) is 0 Å². The van der Waals surface area contributed by atoms with Crippen LogP contribution in [0.5, 0.6) is 5.75 Å². The van der Waals surface area contributed by atoms with E-state index in [2.05, 4.69) is 22.1 Å². The maximum Gasteiger partial charge on any atom is 0.125 e. The first-order chi connectivity index (χ1) is 10.2. The minimum Gasteiger partial charge on any atom is -0.507 e. The van der Waals surface area contributed by atoms with Crippen molar-refractivity contribution in [3.05, 3.63) is 47.7 Å². The molecule has 104 valence electrons. The second-order valence-corrected chi connectivity index (χ2v) is 4.74. The van der Waals surface area contributed by atoms with Gasteiger partial charge >= 0.3 is 0 Å². The standard InChI is InChI=1S/C17H15N3O/c1-3-11-20-17(13-7-4-5-9-15(13)21)12(2)16(19-20)14-8-6-10-18-14/h4-9,21H,10H2,1-2H3. The third-order valence-corrected chi connectivity index (χ3v) is 3.38. The van der Waals surface area contributed by atoms with Crippen molar-refractivity contribution in [3.8, 4) is 29.0 Å². The van der Waals surface area contributed by atoms with Crippen LogP contribution < -0.4 is 0 Å². The van der Waals surface area contributed by atoms with Crippen molar-refractivity contribution in [1.29, 1.82) is 0 Å². The summed E-state index contributed by atoms with van der Waals surface area (Å²) in [5.74, 6) is 3.07. The molecule has 0 saturated heterocycles. The van der Waals surface area contributed by atoms with Gasteiger partial charge in [-0.25, -0.2) is 0 Å². The van der Waals surface area contributed by atoms with E-state index in [4.69, 9.17) is 0 Å². The van der Waals surface area contributed by atoms with Crippen LogP contribution >= 0.6 is 0 Å². The minimum atomic E-state index is 0.218. The Morgan fingerprint density at radius 2 is 2.10 bits per heavy atom. The van der Waals surface area contributed by atoms with E-state index in [0.717, 1.165) is 28.2 Å². The molecule has 0 fully saturated rings. The molecule has 4 heteroatoms. The third-order valence-electron chi connectivity index (χ3n) is 3.38. The zero-order valence-corrected chi connectivity index (χ0v) is 12.0. The number of rotatable bonds is 2. The second kappa shape index (κ2) is 5.29. The van der Waals surface area contributed by atoms with Gasteiger partial charge in [0.15, 0.2) is 0 Å². The number of hydrogen-bond acceptors (Lipinski definition) is 3. The average Bonchev–Trinajstić information content (AvgIpc) is 3.09. The fourth-order valence-electron chi connectivity index (χ4n) is 2.44. The van der Waals surface area contributed by atoms with Crippen molar-refractivity contribution in [2.45, 2.75) is 13.8 Å². The zero-order chi connectivity index (χ0) is 14.8. The number of benzene rings is 1. The van der Waals surface area contributed by atoms with E-state index in [9.17, 15) is 5.11 Å². The lowest BCUT2D eigenvalue weighted by Gasteiger charge is -2.05. The molecule has 4 nitrogen and oxygen atoms in total. The SMILES string of the molecule is CC#Cn1nc(C2=NCC=C2)c(C)c1-c1ccccc1O. The fourth-order valence-corrected chi connectivity index (χ4v) is 2.44. The highest BCUT2D eigenvalue weighted by Gasteiger charge is 2.20. The van der Waals surface area contributed by atoms with Crippen LogP contribution in [0.25, 0.3) is 11.3 Å². The Hall–Kier alpha value is -2.80. The van der Waals surface area contributed by atoms with Gasteiger partial charge in [-0.15, -0.1) is 0 Å². The number of aromatic hydroxyl groups is 1. The monoisotopic (exact) mass is 277 g/mol. The van der Waals surface area contributed by atoms with E-state index in [1.54, 1.807) is 23.7 Å². The van der Waals surface area contributed by atoms with Gasteiger partial charge in [0.1, 0.15) is 11.4 Å². The highest BCUT2D eigenvalue weighted by atomic mass is 16.3. The summed E-state index contributed by atoms with van der Waals surface area (Å²) in [6.45, 7) is 4.43. The van der Waals surface area contributed by atoms with E-state index in [-0.39, 0.29) is 5.75 Å². The van der Waals surface area contributed by atoms with Crippen molar-refractivity contribution >= 4 is 5.71 Å². The zero-order valence-electron chi connectivity index (χ0n) is 12.0. The number of aliphatic imine (C=N–C) groups is 1. The van der Waals surface area contributed by atoms with Gasteiger partial charge in [0.25, 0.3) is 0 Å². The number of phenolic OH excluding ortho intramolecular Hbond substituents is 1. The fraction of sp³-hybridized carbons (Fsp3) is 0.176. The van der Waals surface area contributed by atoms with Crippen LogP contribution in [0.4, 0.5) is 0 Å². The molecule has 0 saturated carbocycles. The molecule has 0 atom stereocenters. The largest absolute Gasteiger partial charge is 0.507 e. The minimum absolute atomic E-state index is 0.218. The molecular weight excluding hydrogens is 262 g/mol. The van der Waals surface area contributed by atoms with Crippen molar-refractivity contribution in [1.82, 2.24) is 9.78 Å². The molecule has 2 aromatic rings. The van der Waals surface area contributed by atoms with Gasteiger partial charge in [0, 0.05) is 17.2 Å². The van der Waals surface area contributed by atoms with Crippen molar-refractivity contribution < 1.29 is 5.11 Å². The van der Waals surface area contributed by atoms with E-state index in [0.29, 0.717) is 6.54 Å². The smallest absolute Gasteiger partial charge is 0.125 e. The van der Waals surface area contributed by atoms with Crippen molar-refractivity contribution in [2.75, 3.05) is 6.54 Å². The van der Waals surface area contributed by atoms with E-state index >= 15 is 0 Å². The molecule has 2 heterocycles. The number of phenols is 1. The topological polar surface area (TPSA) is 50.4 Å². The summed E-state index contributed by atoms with van der Waals surface area (Å²) < 4.78 is 1.62. The van der Waals surface area contributed by atoms with Crippen molar-refractivity contribution in [2.24, 2.45) is 4.99 Å². The third kappa shape index (κ3) is 2.23. The van der Waals surface area contributed by atoms with Gasteiger partial charge in [-0.2, -0.15) is 9.78 Å². The Labute approximate surface area is 123 Å². The first-order valence-electron chi connectivity index (χ1n) is 6.74. The quantitative estimate of drug-likeness (QED) is 0.858. The summed E-state index contributed by atoms with van der Waals surface area (Å²) >= 11 is 0. The Bertz CT molecular complexity index is 816. The van der Waals surface area contributed by atoms with Crippen LogP contribution in [-0.2, 0) is 0 Å². The molecule has 0 aliphatic carbocycles. The van der Waals surface area contributed by atoms with Gasteiger partial charge in [0.05, 0.1) is 18.0 Å². The number of aromatic nitrogens is 2. The van der Waals surface area contributed by atoms with Gasteiger partial charge in [0.2, 0.25) is 0 Å². The average molecular weight is 277 g/mol. The van der Waals surface area contributed by atoms with Crippen LogP contribution in [0, 0.1) is 18.9 Å². The number of nitrogens with zero attached hydrogens (tertiary/aromatic N) is 3. The van der Waals surface area contributed by atoms with Gasteiger partial charge in [-0.1, -0.05) is 24.1 Å². The summed E-state index contributed by atoms with van der Waals surface area (Å²) in [7, 11) is 0. The van der Waals surface area contributed by atoms with E-state index in [1.165, 1.54) is 0 Å². The molecule has 0 spiro atoms. The lowest BCUT2D eigenvalue weighted by atomic mass is 10.0. The second-order valence-electron chi connectivity index (χ2n) is 4.74. The summed E-state index contributed by atoms with van der Waals surface area (Å²) in [6.07, 6.45) is 3.96. The van der Waals surface area contributed by atoms with E-state index in [1.807, 2.05) is 31.2 Å². The van der Waals surface area contributed by atoms with Crippen LogP contribution in [-0.4, -0.2) is 27.1 Å². The van der Waals surface area contributed by atoms with E-state index < -0.39 is 0 Å². The van der Waals surface area contributed by atoms with Crippen LogP contribution in [0.3, 0.4) is 0 Å². The Morgan fingerprint density at radius 3 is 2.76 bits per heavy atom. The predicted octanol–water partition coefficient (Wildman–Crippen LogP) is 2.75. The number of allylic oxidation sites excluding steroid dienone is 1. The highest BCUT2D eigenvalue weighted by Crippen LogP contribution is 2.32. The summed E-state index contributed by atoms with van der Waals surface area (Å²) in [6, 6.07) is 10.2. The van der Waals surface area contributed by atoms with Crippen LogP contribution in [0.15, 0.2) is 41.4 Å². The molecule has 0 bridgehead atoms. The summed E-state index contributed by atoms with van der Waals surface area (Å²) in [4.78, 5) is 4.42.